The van der Waals surface area contributed by atoms with Gasteiger partial charge in [-0.3, -0.25) is 0 Å². The fourth-order valence-corrected chi connectivity index (χ4v) is 3.10. The van der Waals surface area contributed by atoms with Crippen LogP contribution < -0.4 is 9.80 Å². The lowest BCUT2D eigenvalue weighted by Gasteiger charge is -2.34. The van der Waals surface area contributed by atoms with Gasteiger partial charge in [0.15, 0.2) is 5.58 Å². The van der Waals surface area contributed by atoms with Crippen molar-refractivity contribution in [2.45, 2.75) is 13.8 Å². The number of aryl methyl sites for hydroxylation is 2. The van der Waals surface area contributed by atoms with Crippen molar-refractivity contribution in [2.75, 3.05) is 36.0 Å². The van der Waals surface area contributed by atoms with Gasteiger partial charge < -0.3 is 14.2 Å². The average molecular weight is 333 g/mol. The van der Waals surface area contributed by atoms with Crippen LogP contribution in [0.1, 0.15) is 16.8 Å². The third-order valence-corrected chi connectivity index (χ3v) is 4.59. The Hall–Kier alpha value is -3.07. The third kappa shape index (κ3) is 2.89. The molecule has 0 bridgehead atoms. The summed E-state index contributed by atoms with van der Waals surface area (Å²) in [5, 5.41) is 9.16. The van der Waals surface area contributed by atoms with E-state index in [9.17, 15) is 0 Å². The van der Waals surface area contributed by atoms with Crippen molar-refractivity contribution in [1.29, 1.82) is 5.26 Å². The zero-order chi connectivity index (χ0) is 17.4. The van der Waals surface area contributed by atoms with Gasteiger partial charge in [-0.1, -0.05) is 12.1 Å². The van der Waals surface area contributed by atoms with Crippen LogP contribution in [-0.4, -0.2) is 36.1 Å². The van der Waals surface area contributed by atoms with E-state index >= 15 is 0 Å². The van der Waals surface area contributed by atoms with Gasteiger partial charge in [0.05, 0.1) is 0 Å². The second-order valence-corrected chi connectivity index (χ2v) is 6.39. The van der Waals surface area contributed by atoms with Crippen LogP contribution in [0.3, 0.4) is 0 Å². The molecule has 6 heteroatoms. The summed E-state index contributed by atoms with van der Waals surface area (Å²) in [6.45, 7) is 7.21. The van der Waals surface area contributed by atoms with Gasteiger partial charge in [-0.05, 0) is 43.2 Å². The van der Waals surface area contributed by atoms with Gasteiger partial charge in [-0.2, -0.15) is 10.2 Å². The molecule has 1 fully saturated rings. The van der Waals surface area contributed by atoms with Crippen molar-refractivity contribution in [2.24, 2.45) is 0 Å². The molecule has 3 aromatic rings. The average Bonchev–Trinajstić information content (AvgIpc) is 3.05. The molecule has 2 aromatic heterocycles. The Bertz CT molecular complexity index is 964. The van der Waals surface area contributed by atoms with Gasteiger partial charge in [0.2, 0.25) is 0 Å². The van der Waals surface area contributed by atoms with Gasteiger partial charge >= 0.3 is 0 Å². The van der Waals surface area contributed by atoms with Gasteiger partial charge in [-0.15, -0.1) is 0 Å². The number of hydrogen-bond acceptors (Lipinski definition) is 6. The number of benzene rings is 1. The number of piperazine rings is 1. The SMILES string of the molecule is Cc1ccc2oc(N3CCN(c4ccc(C)c(C#N)n4)CC3)nc2c1. The molecule has 0 N–H and O–H groups in total. The van der Waals surface area contributed by atoms with Crippen LogP contribution in [0.4, 0.5) is 11.8 Å². The molecule has 0 unspecified atom stereocenters. The number of nitriles is 1. The van der Waals surface area contributed by atoms with E-state index in [2.05, 4.69) is 32.8 Å². The Labute approximate surface area is 146 Å². The molecular weight excluding hydrogens is 314 g/mol. The first-order chi connectivity index (χ1) is 12.1. The molecule has 1 aliphatic heterocycles. The number of oxazole rings is 1. The summed E-state index contributed by atoms with van der Waals surface area (Å²) in [6.07, 6.45) is 0. The van der Waals surface area contributed by atoms with Crippen LogP contribution in [-0.2, 0) is 0 Å². The second kappa shape index (κ2) is 6.10. The van der Waals surface area contributed by atoms with E-state index in [1.165, 1.54) is 5.56 Å². The van der Waals surface area contributed by atoms with Crippen LogP contribution in [0, 0.1) is 25.2 Å². The van der Waals surface area contributed by atoms with Gasteiger partial charge in [0.25, 0.3) is 6.01 Å². The number of pyridine rings is 1. The maximum atomic E-state index is 9.16. The topological polar surface area (TPSA) is 69.2 Å². The summed E-state index contributed by atoms with van der Waals surface area (Å²) < 4.78 is 5.89. The molecule has 0 aliphatic carbocycles. The molecule has 0 spiro atoms. The molecule has 6 nitrogen and oxygen atoms in total. The highest BCUT2D eigenvalue weighted by Crippen LogP contribution is 2.24. The number of aromatic nitrogens is 2. The van der Waals surface area contributed by atoms with E-state index in [1.807, 2.05) is 37.3 Å². The Kier molecular flexibility index (Phi) is 3.77. The molecule has 126 valence electrons. The molecule has 0 atom stereocenters. The highest BCUT2D eigenvalue weighted by molar-refractivity contribution is 5.75. The zero-order valence-electron chi connectivity index (χ0n) is 14.4. The molecule has 0 saturated carbocycles. The predicted octanol–water partition coefficient (Wildman–Crippen LogP) is 3.04. The molecule has 1 aliphatic rings. The first-order valence-corrected chi connectivity index (χ1v) is 8.39. The number of anilines is 2. The van der Waals surface area contributed by atoms with Crippen molar-refractivity contribution in [1.82, 2.24) is 9.97 Å². The lowest BCUT2D eigenvalue weighted by Crippen LogP contribution is -2.47. The van der Waals surface area contributed by atoms with Crippen molar-refractivity contribution in [3.05, 3.63) is 47.2 Å². The summed E-state index contributed by atoms with van der Waals surface area (Å²) in [6, 6.07) is 12.8. The summed E-state index contributed by atoms with van der Waals surface area (Å²) >= 11 is 0. The van der Waals surface area contributed by atoms with Crippen molar-refractivity contribution >= 4 is 22.9 Å². The van der Waals surface area contributed by atoms with Crippen LogP contribution in [0.5, 0.6) is 0 Å². The van der Waals surface area contributed by atoms with Gasteiger partial charge in [-0.25, -0.2) is 4.98 Å². The van der Waals surface area contributed by atoms with E-state index < -0.39 is 0 Å². The number of rotatable bonds is 2. The number of nitrogens with zero attached hydrogens (tertiary/aromatic N) is 5. The summed E-state index contributed by atoms with van der Waals surface area (Å²) in [5.41, 5.74) is 4.30. The van der Waals surface area contributed by atoms with Crippen LogP contribution in [0.15, 0.2) is 34.7 Å². The van der Waals surface area contributed by atoms with Crippen molar-refractivity contribution in [3.63, 3.8) is 0 Å². The van der Waals surface area contributed by atoms with E-state index in [4.69, 9.17) is 9.68 Å². The first-order valence-electron chi connectivity index (χ1n) is 8.39. The highest BCUT2D eigenvalue weighted by Gasteiger charge is 2.22. The summed E-state index contributed by atoms with van der Waals surface area (Å²) in [4.78, 5) is 13.4. The third-order valence-electron chi connectivity index (χ3n) is 4.59. The Morgan fingerprint density at radius 2 is 1.76 bits per heavy atom. The van der Waals surface area contributed by atoms with Crippen LogP contribution in [0.2, 0.25) is 0 Å². The molecule has 0 radical (unpaired) electrons. The fraction of sp³-hybridized carbons (Fsp3) is 0.316. The molecular formula is C19H19N5O. The van der Waals surface area contributed by atoms with E-state index in [-0.39, 0.29) is 0 Å². The van der Waals surface area contributed by atoms with Gasteiger partial charge in [0, 0.05) is 26.2 Å². The zero-order valence-corrected chi connectivity index (χ0v) is 14.4. The monoisotopic (exact) mass is 333 g/mol. The number of fused-ring (bicyclic) bond motifs is 1. The normalized spacial score (nSPS) is 14.8. The molecule has 25 heavy (non-hydrogen) atoms. The van der Waals surface area contributed by atoms with E-state index in [0.717, 1.165) is 48.7 Å². The fourth-order valence-electron chi connectivity index (χ4n) is 3.10. The molecule has 1 saturated heterocycles. The van der Waals surface area contributed by atoms with Crippen molar-refractivity contribution < 1.29 is 4.42 Å². The maximum Gasteiger partial charge on any atom is 0.298 e. The Balaban J connectivity index is 1.50. The minimum absolute atomic E-state index is 0.495. The maximum absolute atomic E-state index is 9.16. The van der Waals surface area contributed by atoms with Crippen LogP contribution in [0.25, 0.3) is 11.1 Å². The van der Waals surface area contributed by atoms with Crippen LogP contribution >= 0.6 is 0 Å². The highest BCUT2D eigenvalue weighted by atomic mass is 16.4. The van der Waals surface area contributed by atoms with Crippen molar-refractivity contribution in [3.8, 4) is 6.07 Å². The van der Waals surface area contributed by atoms with Gasteiger partial charge in [0.1, 0.15) is 23.1 Å². The molecule has 0 amide bonds. The predicted molar refractivity (Wildman–Crippen MR) is 96.9 cm³/mol. The molecule has 3 heterocycles. The lowest BCUT2D eigenvalue weighted by molar-refractivity contribution is 0.540. The quantitative estimate of drug-likeness (QED) is 0.718. The number of hydrogen-bond donors (Lipinski definition) is 0. The standard InChI is InChI=1S/C19H19N5O/c1-13-3-5-17-15(11-13)22-19(25-17)24-9-7-23(8-10-24)18-6-4-14(2)16(12-20)21-18/h3-6,11H,7-10H2,1-2H3. The molecule has 1 aromatic carbocycles. The minimum Gasteiger partial charge on any atom is -0.423 e. The summed E-state index contributed by atoms with van der Waals surface area (Å²) in [5.74, 6) is 0.856. The largest absolute Gasteiger partial charge is 0.423 e. The smallest absolute Gasteiger partial charge is 0.298 e. The first kappa shape index (κ1) is 15.5. The second-order valence-electron chi connectivity index (χ2n) is 6.39. The van der Waals surface area contributed by atoms with E-state index in [1.54, 1.807) is 0 Å². The minimum atomic E-state index is 0.495. The van der Waals surface area contributed by atoms with E-state index in [0.29, 0.717) is 11.7 Å². The lowest BCUT2D eigenvalue weighted by atomic mass is 10.2. The molecule has 4 rings (SSSR count). The Morgan fingerprint density at radius 3 is 2.52 bits per heavy atom. The summed E-state index contributed by atoms with van der Waals surface area (Å²) in [7, 11) is 0. The Morgan fingerprint density at radius 1 is 1.00 bits per heavy atom.